The molecule has 1 unspecified atom stereocenters. The molecule has 1 atom stereocenters. The first-order valence-electron chi connectivity index (χ1n) is 9.49. The number of pyridine rings is 1. The van der Waals surface area contributed by atoms with Gasteiger partial charge in [0.25, 0.3) is 0 Å². The van der Waals surface area contributed by atoms with Crippen LogP contribution in [0.3, 0.4) is 0 Å². The Kier molecular flexibility index (Phi) is 5.51. The standard InChI is InChI=1S/C20H29N5O2/c1-14-5-6-18(21-12-14)20(27)7-9-24(10-8-20)19(26)22-16(3)13-25-17(4)11-15(2)23-25/h5-6,11-12,16,27H,7-10,13H2,1-4H3,(H,22,26). The van der Waals surface area contributed by atoms with Crippen molar-refractivity contribution in [1.82, 2.24) is 25.0 Å². The van der Waals surface area contributed by atoms with Crippen molar-refractivity contribution in [2.75, 3.05) is 13.1 Å². The van der Waals surface area contributed by atoms with E-state index in [9.17, 15) is 9.90 Å². The summed E-state index contributed by atoms with van der Waals surface area (Å²) in [6, 6.07) is 5.73. The molecule has 3 heterocycles. The minimum atomic E-state index is -0.959. The Hall–Kier alpha value is -2.41. The fourth-order valence-corrected chi connectivity index (χ4v) is 3.55. The fourth-order valence-electron chi connectivity index (χ4n) is 3.55. The molecule has 27 heavy (non-hydrogen) atoms. The van der Waals surface area contributed by atoms with Gasteiger partial charge in [-0.05, 0) is 58.2 Å². The molecule has 7 heteroatoms. The Bertz CT molecular complexity index is 791. The van der Waals surface area contributed by atoms with Crippen LogP contribution in [0.25, 0.3) is 0 Å². The lowest BCUT2D eigenvalue weighted by molar-refractivity contribution is -0.0205. The maximum Gasteiger partial charge on any atom is 0.317 e. The van der Waals surface area contributed by atoms with Gasteiger partial charge >= 0.3 is 6.03 Å². The Balaban J connectivity index is 1.53. The molecule has 2 N–H and O–H groups in total. The molecule has 1 aliphatic rings. The second kappa shape index (κ2) is 7.68. The molecule has 0 aliphatic carbocycles. The smallest absolute Gasteiger partial charge is 0.317 e. The Morgan fingerprint density at radius 1 is 1.30 bits per heavy atom. The highest BCUT2D eigenvalue weighted by Crippen LogP contribution is 2.31. The first-order chi connectivity index (χ1) is 12.8. The number of piperidine rings is 1. The van der Waals surface area contributed by atoms with Gasteiger partial charge in [0.1, 0.15) is 5.60 Å². The Morgan fingerprint density at radius 3 is 2.56 bits per heavy atom. The number of aromatic nitrogens is 3. The third-order valence-corrected chi connectivity index (χ3v) is 5.19. The van der Waals surface area contributed by atoms with Crippen molar-refractivity contribution in [3.05, 3.63) is 47.0 Å². The largest absolute Gasteiger partial charge is 0.383 e. The molecular weight excluding hydrogens is 342 g/mol. The van der Waals surface area contributed by atoms with Crippen LogP contribution in [0.2, 0.25) is 0 Å². The van der Waals surface area contributed by atoms with Gasteiger partial charge in [0.15, 0.2) is 0 Å². The normalized spacial score (nSPS) is 17.6. The van der Waals surface area contributed by atoms with Crippen molar-refractivity contribution in [1.29, 1.82) is 0 Å². The van der Waals surface area contributed by atoms with E-state index < -0.39 is 5.60 Å². The molecule has 0 aromatic carbocycles. The van der Waals surface area contributed by atoms with Crippen LogP contribution in [0.4, 0.5) is 4.79 Å². The highest BCUT2D eigenvalue weighted by atomic mass is 16.3. The number of amides is 2. The zero-order chi connectivity index (χ0) is 19.6. The van der Waals surface area contributed by atoms with E-state index in [0.717, 1.165) is 17.0 Å². The monoisotopic (exact) mass is 371 g/mol. The molecule has 1 saturated heterocycles. The molecule has 0 saturated carbocycles. The zero-order valence-corrected chi connectivity index (χ0v) is 16.6. The second-order valence-corrected chi connectivity index (χ2v) is 7.70. The summed E-state index contributed by atoms with van der Waals surface area (Å²) in [5.41, 5.74) is 2.86. The molecule has 0 radical (unpaired) electrons. The third-order valence-electron chi connectivity index (χ3n) is 5.19. The zero-order valence-electron chi connectivity index (χ0n) is 16.6. The van der Waals surface area contributed by atoms with Gasteiger partial charge in [-0.2, -0.15) is 5.10 Å². The number of nitrogens with zero attached hydrogens (tertiary/aromatic N) is 4. The van der Waals surface area contributed by atoms with Gasteiger partial charge in [-0.25, -0.2) is 4.79 Å². The number of carbonyl (C=O) groups is 1. The number of carbonyl (C=O) groups excluding carboxylic acids is 1. The third kappa shape index (κ3) is 4.47. The lowest BCUT2D eigenvalue weighted by atomic mass is 9.87. The van der Waals surface area contributed by atoms with Crippen LogP contribution in [-0.4, -0.2) is 49.9 Å². The molecule has 7 nitrogen and oxygen atoms in total. The Morgan fingerprint density at radius 2 is 2.00 bits per heavy atom. The quantitative estimate of drug-likeness (QED) is 0.864. The second-order valence-electron chi connectivity index (χ2n) is 7.70. The molecule has 0 spiro atoms. The SMILES string of the molecule is Cc1ccc(C2(O)CCN(C(=O)NC(C)Cn3nc(C)cc3C)CC2)nc1. The van der Waals surface area contributed by atoms with Crippen LogP contribution in [0.15, 0.2) is 24.4 Å². The first-order valence-corrected chi connectivity index (χ1v) is 9.49. The number of rotatable bonds is 4. The van der Waals surface area contributed by atoms with E-state index in [1.54, 1.807) is 11.1 Å². The lowest BCUT2D eigenvalue weighted by Crippen LogP contribution is -2.51. The van der Waals surface area contributed by atoms with Crippen LogP contribution in [0, 0.1) is 20.8 Å². The predicted molar refractivity (Wildman–Crippen MR) is 103 cm³/mol. The number of hydrogen-bond donors (Lipinski definition) is 2. The van der Waals surface area contributed by atoms with Crippen LogP contribution >= 0.6 is 0 Å². The average molecular weight is 371 g/mol. The van der Waals surface area contributed by atoms with E-state index in [2.05, 4.69) is 15.4 Å². The van der Waals surface area contributed by atoms with E-state index in [1.165, 1.54) is 0 Å². The van der Waals surface area contributed by atoms with Gasteiger partial charge in [0.2, 0.25) is 0 Å². The summed E-state index contributed by atoms with van der Waals surface area (Å²) in [6.07, 6.45) is 2.75. The summed E-state index contributed by atoms with van der Waals surface area (Å²) in [7, 11) is 0. The van der Waals surface area contributed by atoms with Crippen molar-refractivity contribution < 1.29 is 9.90 Å². The number of aryl methyl sites for hydroxylation is 3. The van der Waals surface area contributed by atoms with Crippen LogP contribution < -0.4 is 5.32 Å². The molecule has 3 rings (SSSR count). The van der Waals surface area contributed by atoms with Crippen molar-refractivity contribution in [2.24, 2.45) is 0 Å². The maximum atomic E-state index is 12.6. The highest BCUT2D eigenvalue weighted by molar-refractivity contribution is 5.74. The lowest BCUT2D eigenvalue weighted by Gasteiger charge is -2.38. The molecule has 1 fully saturated rings. The van der Waals surface area contributed by atoms with Crippen molar-refractivity contribution in [2.45, 2.75) is 58.7 Å². The van der Waals surface area contributed by atoms with Crippen LogP contribution in [-0.2, 0) is 12.1 Å². The summed E-state index contributed by atoms with van der Waals surface area (Å²) in [6.45, 7) is 9.57. The van der Waals surface area contributed by atoms with Crippen LogP contribution in [0.1, 0.15) is 42.4 Å². The van der Waals surface area contributed by atoms with E-state index in [4.69, 9.17) is 0 Å². The van der Waals surface area contributed by atoms with Crippen molar-refractivity contribution in [3.63, 3.8) is 0 Å². The molecule has 0 bridgehead atoms. The van der Waals surface area contributed by atoms with Crippen LogP contribution in [0.5, 0.6) is 0 Å². The maximum absolute atomic E-state index is 12.6. The van der Waals surface area contributed by atoms with Gasteiger partial charge < -0.3 is 15.3 Å². The number of likely N-dealkylation sites (tertiary alicyclic amines) is 1. The predicted octanol–water partition coefficient (Wildman–Crippen LogP) is 2.29. The summed E-state index contributed by atoms with van der Waals surface area (Å²) >= 11 is 0. The molecule has 1 aliphatic heterocycles. The molecule has 2 aromatic rings. The molecule has 2 aromatic heterocycles. The topological polar surface area (TPSA) is 83.3 Å². The van der Waals surface area contributed by atoms with Gasteiger partial charge in [-0.1, -0.05) is 6.07 Å². The van der Waals surface area contributed by atoms with E-state index in [1.807, 2.05) is 50.6 Å². The van der Waals surface area contributed by atoms with E-state index in [-0.39, 0.29) is 12.1 Å². The number of hydrogen-bond acceptors (Lipinski definition) is 4. The average Bonchev–Trinajstić information content (AvgIpc) is 2.92. The molecule has 146 valence electrons. The van der Waals surface area contributed by atoms with Gasteiger partial charge in [-0.15, -0.1) is 0 Å². The number of nitrogens with one attached hydrogen (secondary N) is 1. The van der Waals surface area contributed by atoms with E-state index in [0.29, 0.717) is 38.2 Å². The molecular formula is C20H29N5O2. The highest BCUT2D eigenvalue weighted by Gasteiger charge is 2.36. The Labute approximate surface area is 160 Å². The molecule has 2 amide bonds. The minimum Gasteiger partial charge on any atom is -0.383 e. The van der Waals surface area contributed by atoms with Crippen molar-refractivity contribution in [3.8, 4) is 0 Å². The minimum absolute atomic E-state index is 0.0323. The van der Waals surface area contributed by atoms with Gasteiger partial charge in [0, 0.05) is 31.0 Å². The first kappa shape index (κ1) is 19.4. The number of aliphatic hydroxyl groups is 1. The van der Waals surface area contributed by atoms with Gasteiger partial charge in [0.05, 0.1) is 17.9 Å². The summed E-state index contributed by atoms with van der Waals surface area (Å²) in [4.78, 5) is 18.7. The summed E-state index contributed by atoms with van der Waals surface area (Å²) in [5.74, 6) is 0. The van der Waals surface area contributed by atoms with Crippen molar-refractivity contribution >= 4 is 6.03 Å². The summed E-state index contributed by atoms with van der Waals surface area (Å²) < 4.78 is 1.91. The fraction of sp³-hybridized carbons (Fsp3) is 0.550. The summed E-state index contributed by atoms with van der Waals surface area (Å²) in [5, 5.41) is 18.4. The number of urea groups is 1. The van der Waals surface area contributed by atoms with Gasteiger partial charge in [-0.3, -0.25) is 9.67 Å². The van der Waals surface area contributed by atoms with E-state index >= 15 is 0 Å².